The van der Waals surface area contributed by atoms with Gasteiger partial charge >= 0.3 is 0 Å². The zero-order valence-corrected chi connectivity index (χ0v) is 18.2. The maximum Gasteiger partial charge on any atom is 0.253 e. The van der Waals surface area contributed by atoms with Crippen molar-refractivity contribution in [3.8, 4) is 5.75 Å². The first-order valence-corrected chi connectivity index (χ1v) is 11.5. The zero-order valence-electron chi connectivity index (χ0n) is 18.2. The van der Waals surface area contributed by atoms with Gasteiger partial charge in [0.05, 0.1) is 6.61 Å². The van der Waals surface area contributed by atoms with Crippen LogP contribution in [0.1, 0.15) is 48.0 Å². The van der Waals surface area contributed by atoms with E-state index in [4.69, 9.17) is 4.74 Å². The molecule has 0 bridgehead atoms. The average Bonchev–Trinajstić information content (AvgIpc) is 3.37. The maximum absolute atomic E-state index is 12.7. The topological polar surface area (TPSA) is 49.9 Å². The Morgan fingerprint density at radius 1 is 0.903 bits per heavy atom. The molecule has 0 radical (unpaired) electrons. The zero-order chi connectivity index (χ0) is 21.5. The van der Waals surface area contributed by atoms with Gasteiger partial charge in [0.25, 0.3) is 5.91 Å². The molecular weight excluding hydrogens is 388 g/mol. The van der Waals surface area contributed by atoms with Gasteiger partial charge < -0.3 is 14.5 Å². The van der Waals surface area contributed by atoms with Crippen molar-refractivity contribution in [1.82, 2.24) is 9.80 Å². The van der Waals surface area contributed by atoms with Crippen LogP contribution in [0.2, 0.25) is 0 Å². The van der Waals surface area contributed by atoms with Gasteiger partial charge in [-0.1, -0.05) is 36.4 Å². The molecule has 2 heterocycles. The third-order valence-electron chi connectivity index (χ3n) is 6.30. The van der Waals surface area contributed by atoms with Crippen molar-refractivity contribution in [2.45, 2.75) is 38.5 Å². The Balaban J connectivity index is 1.26. The predicted molar refractivity (Wildman–Crippen MR) is 121 cm³/mol. The van der Waals surface area contributed by atoms with E-state index in [2.05, 4.69) is 12.1 Å². The summed E-state index contributed by atoms with van der Waals surface area (Å²) in [6.07, 6.45) is 5.59. The lowest BCUT2D eigenvalue weighted by Crippen LogP contribution is -2.41. The number of hydrogen-bond acceptors (Lipinski definition) is 3. The molecule has 0 aliphatic carbocycles. The van der Waals surface area contributed by atoms with Gasteiger partial charge in [0.1, 0.15) is 5.75 Å². The van der Waals surface area contributed by atoms with Crippen LogP contribution >= 0.6 is 0 Å². The van der Waals surface area contributed by atoms with Crippen LogP contribution in [0.5, 0.6) is 5.75 Å². The lowest BCUT2D eigenvalue weighted by Gasteiger charge is -2.32. The lowest BCUT2D eigenvalue weighted by atomic mass is 9.98. The van der Waals surface area contributed by atoms with E-state index < -0.39 is 0 Å². The van der Waals surface area contributed by atoms with Crippen molar-refractivity contribution >= 4 is 11.8 Å². The van der Waals surface area contributed by atoms with E-state index in [1.54, 1.807) is 0 Å². The highest BCUT2D eigenvalue weighted by molar-refractivity contribution is 5.94. The fraction of sp³-hybridized carbons (Fsp3) is 0.462. The van der Waals surface area contributed by atoms with Gasteiger partial charge in [0, 0.05) is 44.1 Å². The summed E-state index contributed by atoms with van der Waals surface area (Å²) in [4.78, 5) is 29.2. The number of amides is 2. The second-order valence-corrected chi connectivity index (χ2v) is 8.67. The van der Waals surface area contributed by atoms with E-state index in [9.17, 15) is 9.59 Å². The third kappa shape index (κ3) is 5.87. The molecule has 2 aromatic rings. The van der Waals surface area contributed by atoms with Gasteiger partial charge in [-0.05, 0) is 55.9 Å². The molecule has 2 saturated heterocycles. The Morgan fingerprint density at radius 2 is 1.68 bits per heavy atom. The van der Waals surface area contributed by atoms with Gasteiger partial charge in [-0.25, -0.2) is 0 Å². The molecule has 1 atom stereocenters. The Kier molecular flexibility index (Phi) is 7.23. The van der Waals surface area contributed by atoms with Crippen molar-refractivity contribution in [3.05, 3.63) is 65.7 Å². The number of nitrogens with zero attached hydrogens (tertiary/aromatic N) is 2. The summed E-state index contributed by atoms with van der Waals surface area (Å²) in [5, 5.41) is 0. The molecule has 2 aromatic carbocycles. The fourth-order valence-corrected chi connectivity index (χ4v) is 4.52. The highest BCUT2D eigenvalue weighted by Gasteiger charge is 2.24. The number of piperidine rings is 1. The Labute approximate surface area is 185 Å². The lowest BCUT2D eigenvalue weighted by molar-refractivity contribution is -0.133. The Hall–Kier alpha value is -2.82. The molecule has 5 heteroatoms. The third-order valence-corrected chi connectivity index (χ3v) is 6.30. The molecule has 2 amide bonds. The highest BCUT2D eigenvalue weighted by Crippen LogP contribution is 2.22. The van der Waals surface area contributed by atoms with Crippen molar-refractivity contribution in [2.24, 2.45) is 5.92 Å². The summed E-state index contributed by atoms with van der Waals surface area (Å²) in [6, 6.07) is 17.7. The van der Waals surface area contributed by atoms with Gasteiger partial charge in [-0.2, -0.15) is 0 Å². The molecule has 0 unspecified atom stereocenters. The quantitative estimate of drug-likeness (QED) is 0.675. The summed E-state index contributed by atoms with van der Waals surface area (Å²) in [5.74, 6) is 1.38. The number of benzene rings is 2. The molecule has 0 N–H and O–H groups in total. The minimum absolute atomic E-state index is 0.0933. The summed E-state index contributed by atoms with van der Waals surface area (Å²) >= 11 is 0. The monoisotopic (exact) mass is 420 g/mol. The maximum atomic E-state index is 12.7. The molecular formula is C26H32N2O3. The molecule has 0 spiro atoms. The summed E-state index contributed by atoms with van der Waals surface area (Å²) in [7, 11) is 0. The molecule has 0 aromatic heterocycles. The van der Waals surface area contributed by atoms with E-state index in [1.165, 1.54) is 5.56 Å². The van der Waals surface area contributed by atoms with Crippen LogP contribution in [0.3, 0.4) is 0 Å². The van der Waals surface area contributed by atoms with E-state index in [0.29, 0.717) is 24.5 Å². The van der Waals surface area contributed by atoms with Crippen LogP contribution in [0.15, 0.2) is 54.6 Å². The summed E-state index contributed by atoms with van der Waals surface area (Å²) in [5.41, 5.74) is 1.90. The first-order valence-electron chi connectivity index (χ1n) is 11.5. The Morgan fingerprint density at radius 3 is 2.48 bits per heavy atom. The Bertz CT molecular complexity index is 877. The van der Waals surface area contributed by atoms with Crippen LogP contribution in [0.4, 0.5) is 0 Å². The number of likely N-dealkylation sites (tertiary alicyclic amines) is 2. The molecule has 2 fully saturated rings. The second-order valence-electron chi connectivity index (χ2n) is 8.67. The number of aryl methyl sites for hydroxylation is 1. The van der Waals surface area contributed by atoms with Crippen molar-refractivity contribution in [3.63, 3.8) is 0 Å². The fourth-order valence-electron chi connectivity index (χ4n) is 4.52. The van der Waals surface area contributed by atoms with Crippen molar-refractivity contribution in [1.29, 1.82) is 0 Å². The first kappa shape index (κ1) is 21.4. The molecule has 2 aliphatic rings. The number of ether oxygens (including phenoxy) is 1. The number of carbonyl (C=O) groups excluding carboxylic acids is 2. The smallest absolute Gasteiger partial charge is 0.253 e. The van der Waals surface area contributed by atoms with Gasteiger partial charge in [-0.3, -0.25) is 9.59 Å². The SMILES string of the molecule is O=C(CCc1ccccc1)N1CCC[C@H](COc2cccc(C(=O)N3CCCC3)c2)C1. The number of rotatable bonds is 7. The van der Waals surface area contributed by atoms with Crippen LogP contribution in [0.25, 0.3) is 0 Å². The minimum Gasteiger partial charge on any atom is -0.493 e. The molecule has 5 nitrogen and oxygen atoms in total. The van der Waals surface area contributed by atoms with Gasteiger partial charge in [0.2, 0.25) is 5.91 Å². The van der Waals surface area contributed by atoms with E-state index >= 15 is 0 Å². The van der Waals surface area contributed by atoms with E-state index in [0.717, 1.165) is 64.0 Å². The number of hydrogen-bond donors (Lipinski definition) is 0. The van der Waals surface area contributed by atoms with Crippen LogP contribution in [-0.4, -0.2) is 54.4 Å². The largest absolute Gasteiger partial charge is 0.493 e. The predicted octanol–water partition coefficient (Wildman–Crippen LogP) is 4.17. The molecule has 2 aliphatic heterocycles. The van der Waals surface area contributed by atoms with Crippen LogP contribution < -0.4 is 4.74 Å². The molecule has 4 rings (SSSR count). The minimum atomic E-state index is 0.0933. The van der Waals surface area contributed by atoms with E-state index in [1.807, 2.05) is 52.3 Å². The van der Waals surface area contributed by atoms with Crippen LogP contribution in [-0.2, 0) is 11.2 Å². The van der Waals surface area contributed by atoms with Crippen LogP contribution in [0, 0.1) is 5.92 Å². The van der Waals surface area contributed by atoms with Gasteiger partial charge in [-0.15, -0.1) is 0 Å². The molecule has 31 heavy (non-hydrogen) atoms. The highest BCUT2D eigenvalue weighted by atomic mass is 16.5. The standard InChI is InChI=1S/C26H32N2O3/c29-25(14-13-21-8-2-1-3-9-21)28-17-7-10-22(19-28)20-31-24-12-6-11-23(18-24)26(30)27-15-4-5-16-27/h1-3,6,8-9,11-12,18,22H,4-5,7,10,13-17,19-20H2/t22-/m0/s1. The normalized spacial score (nSPS) is 18.8. The number of carbonyl (C=O) groups is 2. The van der Waals surface area contributed by atoms with Crippen molar-refractivity contribution in [2.75, 3.05) is 32.8 Å². The molecule has 0 saturated carbocycles. The average molecular weight is 421 g/mol. The van der Waals surface area contributed by atoms with E-state index in [-0.39, 0.29) is 11.8 Å². The van der Waals surface area contributed by atoms with Crippen molar-refractivity contribution < 1.29 is 14.3 Å². The first-order chi connectivity index (χ1) is 15.2. The summed E-state index contributed by atoms with van der Waals surface area (Å²) < 4.78 is 6.05. The second kappa shape index (κ2) is 10.5. The summed E-state index contributed by atoms with van der Waals surface area (Å²) in [6.45, 7) is 3.86. The molecule has 164 valence electrons. The van der Waals surface area contributed by atoms with Gasteiger partial charge in [0.15, 0.2) is 0 Å².